The van der Waals surface area contributed by atoms with E-state index in [0.29, 0.717) is 12.5 Å². The number of para-hydroxylation sites is 1. The minimum Gasteiger partial charge on any atom is -0.325 e. The zero-order chi connectivity index (χ0) is 16.7. The number of hydrogen-bond acceptors (Lipinski definition) is 2. The summed E-state index contributed by atoms with van der Waals surface area (Å²) in [6, 6.07) is 18.3. The summed E-state index contributed by atoms with van der Waals surface area (Å²) in [7, 11) is 1.97. The molecular formula is C20H26N2O. The highest BCUT2D eigenvalue weighted by Crippen LogP contribution is 2.26. The van der Waals surface area contributed by atoms with Crippen LogP contribution in [-0.4, -0.2) is 24.4 Å². The Hall–Kier alpha value is -2.13. The zero-order valence-corrected chi connectivity index (χ0v) is 14.3. The molecule has 0 aromatic heterocycles. The van der Waals surface area contributed by atoms with Gasteiger partial charge in [0.2, 0.25) is 5.91 Å². The van der Waals surface area contributed by atoms with Crippen LogP contribution in [0.1, 0.15) is 37.3 Å². The highest BCUT2D eigenvalue weighted by molar-refractivity contribution is 5.93. The molecule has 1 atom stereocenters. The molecule has 0 aliphatic rings. The van der Waals surface area contributed by atoms with Crippen LogP contribution >= 0.6 is 0 Å². The number of nitrogens with one attached hydrogen (secondary N) is 1. The molecule has 2 aromatic rings. The number of carbonyl (C=O) groups is 1. The lowest BCUT2D eigenvalue weighted by molar-refractivity contribution is -0.117. The van der Waals surface area contributed by atoms with Crippen LogP contribution < -0.4 is 5.32 Å². The van der Waals surface area contributed by atoms with Gasteiger partial charge in [0, 0.05) is 12.2 Å². The van der Waals surface area contributed by atoms with E-state index in [0.717, 1.165) is 18.7 Å². The van der Waals surface area contributed by atoms with E-state index in [9.17, 15) is 4.79 Å². The molecule has 0 saturated carbocycles. The molecule has 1 amide bonds. The van der Waals surface area contributed by atoms with E-state index in [1.54, 1.807) is 0 Å². The van der Waals surface area contributed by atoms with Gasteiger partial charge in [-0.25, -0.2) is 0 Å². The fraction of sp³-hybridized carbons (Fsp3) is 0.350. The average Bonchev–Trinajstić information content (AvgIpc) is 2.55. The number of anilines is 1. The second-order valence-electron chi connectivity index (χ2n) is 6.10. The van der Waals surface area contributed by atoms with Gasteiger partial charge in [-0.3, -0.25) is 9.69 Å². The molecule has 2 aromatic carbocycles. The van der Waals surface area contributed by atoms with Crippen molar-refractivity contribution in [3.63, 3.8) is 0 Å². The Morgan fingerprint density at radius 2 is 1.74 bits per heavy atom. The highest BCUT2D eigenvalue weighted by atomic mass is 16.2. The average molecular weight is 310 g/mol. The fourth-order valence-corrected chi connectivity index (χ4v) is 2.65. The number of likely N-dealkylation sites (N-methyl/N-ethyl adjacent to an activating group) is 1. The fourth-order valence-electron chi connectivity index (χ4n) is 2.65. The molecule has 3 heteroatoms. The first-order valence-electron chi connectivity index (χ1n) is 8.21. The Labute approximate surface area is 139 Å². The van der Waals surface area contributed by atoms with Gasteiger partial charge in [0.05, 0.1) is 6.54 Å². The van der Waals surface area contributed by atoms with Crippen molar-refractivity contribution >= 4 is 11.6 Å². The highest BCUT2D eigenvalue weighted by Gasteiger charge is 2.12. The normalized spacial score (nSPS) is 12.2. The van der Waals surface area contributed by atoms with Crippen molar-refractivity contribution in [3.8, 4) is 0 Å². The SMILES string of the molecule is CC[C@H](C)c1ccccc1NC(=O)CN(C)Cc1ccccc1. The largest absolute Gasteiger partial charge is 0.325 e. The van der Waals surface area contributed by atoms with Gasteiger partial charge in [-0.1, -0.05) is 62.4 Å². The monoisotopic (exact) mass is 310 g/mol. The Kier molecular flexibility index (Phi) is 6.36. The molecule has 0 aliphatic carbocycles. The summed E-state index contributed by atoms with van der Waals surface area (Å²) >= 11 is 0. The molecule has 23 heavy (non-hydrogen) atoms. The first kappa shape index (κ1) is 17.2. The number of nitrogens with zero attached hydrogens (tertiary/aromatic N) is 1. The quantitative estimate of drug-likeness (QED) is 0.828. The van der Waals surface area contributed by atoms with Crippen LogP contribution in [-0.2, 0) is 11.3 Å². The lowest BCUT2D eigenvalue weighted by Crippen LogP contribution is -2.30. The van der Waals surface area contributed by atoms with Crippen LogP contribution in [0.2, 0.25) is 0 Å². The number of amides is 1. The maximum atomic E-state index is 12.3. The van der Waals surface area contributed by atoms with Crippen LogP contribution in [0.5, 0.6) is 0 Å². The Morgan fingerprint density at radius 3 is 2.43 bits per heavy atom. The second kappa shape index (κ2) is 8.49. The van der Waals surface area contributed by atoms with Gasteiger partial charge in [-0.05, 0) is 36.6 Å². The molecule has 0 saturated heterocycles. The van der Waals surface area contributed by atoms with Crippen molar-refractivity contribution in [2.75, 3.05) is 18.9 Å². The summed E-state index contributed by atoms with van der Waals surface area (Å²) in [4.78, 5) is 14.3. The third-order valence-electron chi connectivity index (χ3n) is 4.09. The number of rotatable bonds is 7. The van der Waals surface area contributed by atoms with Crippen molar-refractivity contribution in [2.45, 2.75) is 32.7 Å². The third-order valence-corrected chi connectivity index (χ3v) is 4.09. The molecule has 3 nitrogen and oxygen atoms in total. The Morgan fingerprint density at radius 1 is 1.09 bits per heavy atom. The molecule has 122 valence electrons. The first-order valence-corrected chi connectivity index (χ1v) is 8.21. The first-order chi connectivity index (χ1) is 11.1. The lowest BCUT2D eigenvalue weighted by Gasteiger charge is -2.19. The predicted molar refractivity (Wildman–Crippen MR) is 96.6 cm³/mol. The van der Waals surface area contributed by atoms with E-state index >= 15 is 0 Å². The number of hydrogen-bond donors (Lipinski definition) is 1. The van der Waals surface area contributed by atoms with E-state index in [1.165, 1.54) is 11.1 Å². The van der Waals surface area contributed by atoms with E-state index in [1.807, 2.05) is 48.3 Å². The minimum absolute atomic E-state index is 0.0270. The topological polar surface area (TPSA) is 32.3 Å². The van der Waals surface area contributed by atoms with Crippen molar-refractivity contribution in [1.29, 1.82) is 0 Å². The van der Waals surface area contributed by atoms with Crippen LogP contribution in [0.25, 0.3) is 0 Å². The van der Waals surface area contributed by atoms with E-state index in [4.69, 9.17) is 0 Å². The van der Waals surface area contributed by atoms with E-state index < -0.39 is 0 Å². The Bertz CT molecular complexity index is 625. The molecule has 0 bridgehead atoms. The third kappa shape index (κ3) is 5.22. The maximum absolute atomic E-state index is 12.3. The molecule has 0 heterocycles. The standard InChI is InChI=1S/C20H26N2O/c1-4-16(2)18-12-8-9-13-19(18)21-20(23)15-22(3)14-17-10-6-5-7-11-17/h5-13,16H,4,14-15H2,1-3H3,(H,21,23)/t16-/m0/s1. The molecule has 0 spiro atoms. The maximum Gasteiger partial charge on any atom is 0.238 e. The smallest absolute Gasteiger partial charge is 0.238 e. The van der Waals surface area contributed by atoms with Crippen LogP contribution in [0.3, 0.4) is 0 Å². The summed E-state index contributed by atoms with van der Waals surface area (Å²) in [6.45, 7) is 5.49. The van der Waals surface area contributed by atoms with Crippen molar-refractivity contribution in [1.82, 2.24) is 4.90 Å². The van der Waals surface area contributed by atoms with Crippen LogP contribution in [0.4, 0.5) is 5.69 Å². The molecule has 0 fully saturated rings. The van der Waals surface area contributed by atoms with Gasteiger partial charge in [-0.15, -0.1) is 0 Å². The van der Waals surface area contributed by atoms with Crippen LogP contribution in [0, 0.1) is 0 Å². The molecule has 0 aliphatic heterocycles. The molecule has 0 radical (unpaired) electrons. The van der Waals surface area contributed by atoms with Gasteiger partial charge >= 0.3 is 0 Å². The van der Waals surface area contributed by atoms with Gasteiger partial charge < -0.3 is 5.32 Å². The van der Waals surface area contributed by atoms with E-state index in [-0.39, 0.29) is 5.91 Å². The lowest BCUT2D eigenvalue weighted by atomic mass is 9.97. The van der Waals surface area contributed by atoms with E-state index in [2.05, 4.69) is 37.4 Å². The molecule has 0 unspecified atom stereocenters. The number of carbonyl (C=O) groups excluding carboxylic acids is 1. The minimum atomic E-state index is 0.0270. The molecular weight excluding hydrogens is 284 g/mol. The molecule has 2 rings (SSSR count). The van der Waals surface area contributed by atoms with Crippen molar-refractivity contribution in [3.05, 3.63) is 65.7 Å². The Balaban J connectivity index is 1.94. The van der Waals surface area contributed by atoms with Gasteiger partial charge in [-0.2, -0.15) is 0 Å². The second-order valence-corrected chi connectivity index (χ2v) is 6.10. The summed E-state index contributed by atoms with van der Waals surface area (Å²) in [5, 5.41) is 3.06. The number of benzene rings is 2. The van der Waals surface area contributed by atoms with Gasteiger partial charge in [0.15, 0.2) is 0 Å². The summed E-state index contributed by atoms with van der Waals surface area (Å²) in [6.07, 6.45) is 1.06. The zero-order valence-electron chi connectivity index (χ0n) is 14.3. The summed E-state index contributed by atoms with van der Waals surface area (Å²) in [5.74, 6) is 0.465. The van der Waals surface area contributed by atoms with Crippen LogP contribution in [0.15, 0.2) is 54.6 Å². The summed E-state index contributed by atoms with van der Waals surface area (Å²) < 4.78 is 0. The van der Waals surface area contributed by atoms with Crippen molar-refractivity contribution < 1.29 is 4.79 Å². The summed E-state index contributed by atoms with van der Waals surface area (Å²) in [5.41, 5.74) is 3.34. The predicted octanol–water partition coefficient (Wildman–Crippen LogP) is 4.27. The van der Waals surface area contributed by atoms with Gasteiger partial charge in [0.25, 0.3) is 0 Å². The van der Waals surface area contributed by atoms with Crippen molar-refractivity contribution in [2.24, 2.45) is 0 Å². The molecule has 1 N–H and O–H groups in total. The van der Waals surface area contributed by atoms with Gasteiger partial charge in [0.1, 0.15) is 0 Å².